The number of rotatable bonds is 2. The van der Waals surface area contributed by atoms with Gasteiger partial charge < -0.3 is 10.1 Å². The molecule has 3 N–H and O–H groups in total. The summed E-state index contributed by atoms with van der Waals surface area (Å²) in [6.45, 7) is 0.524. The molecule has 2 aromatic rings. The molecule has 31 heavy (non-hydrogen) atoms. The molecule has 11 heteroatoms. The molecule has 1 aromatic heterocycles. The molecule has 0 bridgehead atoms. The fourth-order valence-corrected chi connectivity index (χ4v) is 5.81. The molecule has 5 rings (SSSR count). The number of aryl methyl sites for hydroxylation is 2. The van der Waals surface area contributed by atoms with Crippen molar-refractivity contribution in [1.29, 1.82) is 0 Å². The largest absolute Gasteiger partial charge is 0.470 e. The Bertz CT molecular complexity index is 1220. The SMILES string of the molecule is C[C@H]1CCc2cc3c(c(NC(=O)N=[S@](N)(=O)c4cnn5c4OCC(F)(F)C5)c21)CCC3. The Hall–Kier alpha value is -2.53. The van der Waals surface area contributed by atoms with Crippen molar-refractivity contribution in [3.63, 3.8) is 0 Å². The molecule has 2 amide bonds. The van der Waals surface area contributed by atoms with E-state index in [0.717, 1.165) is 59.8 Å². The van der Waals surface area contributed by atoms with Gasteiger partial charge in [0.25, 0.3) is 0 Å². The van der Waals surface area contributed by atoms with Crippen LogP contribution in [0.5, 0.6) is 5.88 Å². The first-order valence-corrected chi connectivity index (χ1v) is 11.8. The number of carbonyl (C=O) groups excluding carboxylic acids is 1. The zero-order valence-corrected chi connectivity index (χ0v) is 17.8. The molecule has 0 radical (unpaired) electrons. The first-order chi connectivity index (χ1) is 14.6. The van der Waals surface area contributed by atoms with E-state index in [1.807, 2.05) is 0 Å². The maximum absolute atomic E-state index is 13.5. The van der Waals surface area contributed by atoms with Crippen LogP contribution in [0.2, 0.25) is 0 Å². The number of alkyl halides is 2. The Kier molecular flexibility index (Phi) is 4.60. The zero-order chi connectivity index (χ0) is 22.0. The van der Waals surface area contributed by atoms with Gasteiger partial charge in [-0.3, -0.25) is 0 Å². The summed E-state index contributed by atoms with van der Waals surface area (Å²) in [4.78, 5) is 12.6. The monoisotopic (exact) mass is 451 g/mol. The number of nitrogens with zero attached hydrogens (tertiary/aromatic N) is 3. The van der Waals surface area contributed by atoms with Crippen molar-refractivity contribution in [2.75, 3.05) is 11.9 Å². The van der Waals surface area contributed by atoms with Gasteiger partial charge >= 0.3 is 12.0 Å². The van der Waals surface area contributed by atoms with Crippen molar-refractivity contribution in [1.82, 2.24) is 9.78 Å². The molecule has 166 valence electrons. The summed E-state index contributed by atoms with van der Waals surface area (Å²) >= 11 is 0. The lowest BCUT2D eigenvalue weighted by molar-refractivity contribution is -0.0805. The smallest absolute Gasteiger partial charge is 0.354 e. The van der Waals surface area contributed by atoms with E-state index >= 15 is 0 Å². The highest BCUT2D eigenvalue weighted by Gasteiger charge is 2.39. The second-order valence-electron chi connectivity index (χ2n) is 8.46. The number of aromatic nitrogens is 2. The summed E-state index contributed by atoms with van der Waals surface area (Å²) < 4.78 is 49.7. The normalized spacial score (nSPS) is 22.6. The van der Waals surface area contributed by atoms with E-state index in [1.54, 1.807) is 0 Å². The van der Waals surface area contributed by atoms with Crippen LogP contribution in [0.25, 0.3) is 0 Å². The minimum absolute atomic E-state index is 0.148. The number of amides is 2. The Morgan fingerprint density at radius 2 is 2.19 bits per heavy atom. The van der Waals surface area contributed by atoms with Crippen molar-refractivity contribution in [3.05, 3.63) is 34.5 Å². The van der Waals surface area contributed by atoms with Crippen molar-refractivity contribution >= 4 is 21.6 Å². The van der Waals surface area contributed by atoms with Gasteiger partial charge in [-0.05, 0) is 60.3 Å². The van der Waals surface area contributed by atoms with Gasteiger partial charge in [-0.1, -0.05) is 13.0 Å². The van der Waals surface area contributed by atoms with E-state index in [1.165, 1.54) is 11.1 Å². The summed E-state index contributed by atoms with van der Waals surface area (Å²) in [5, 5.41) is 12.5. The molecule has 2 heterocycles. The van der Waals surface area contributed by atoms with Gasteiger partial charge in [0, 0.05) is 5.69 Å². The molecular weight excluding hydrogens is 428 g/mol. The standard InChI is InChI=1S/C20H23F2N5O3S/c1-11-5-6-13-7-12-3-2-4-14(12)17(16(11)13)25-19(28)26-31(23,29)15-8-24-27-9-20(21,22)10-30-18(15)27/h7-8,11H,2-6,9-10H2,1H3,(H3,23,25,26,28,29)/t11-,31-/m0/s1. The van der Waals surface area contributed by atoms with E-state index in [2.05, 4.69) is 27.8 Å². The molecule has 0 saturated heterocycles. The Labute approximate surface area is 178 Å². The summed E-state index contributed by atoms with van der Waals surface area (Å²) in [5.74, 6) is -2.94. The molecule has 0 fully saturated rings. The maximum atomic E-state index is 13.5. The van der Waals surface area contributed by atoms with E-state index in [0.29, 0.717) is 5.92 Å². The van der Waals surface area contributed by atoms with Crippen molar-refractivity contribution in [3.8, 4) is 5.88 Å². The highest BCUT2D eigenvalue weighted by atomic mass is 32.2. The summed E-state index contributed by atoms with van der Waals surface area (Å²) in [5.41, 5.74) is 5.44. The van der Waals surface area contributed by atoms with Gasteiger partial charge in [0.2, 0.25) is 5.88 Å². The summed E-state index contributed by atoms with van der Waals surface area (Å²) in [7, 11) is -3.75. The molecule has 2 aliphatic carbocycles. The average molecular weight is 451 g/mol. The van der Waals surface area contributed by atoms with Crippen LogP contribution in [0.4, 0.5) is 19.3 Å². The van der Waals surface area contributed by atoms with E-state index in [4.69, 9.17) is 9.88 Å². The number of anilines is 1. The molecule has 1 aromatic carbocycles. The summed E-state index contributed by atoms with van der Waals surface area (Å²) in [6.07, 6.45) is 5.88. The molecule has 0 unspecified atom stereocenters. The molecule has 1 aliphatic heterocycles. The van der Waals surface area contributed by atoms with E-state index in [9.17, 15) is 17.8 Å². The van der Waals surface area contributed by atoms with Gasteiger partial charge in [-0.25, -0.2) is 27.6 Å². The number of carbonyl (C=O) groups is 1. The minimum Gasteiger partial charge on any atom is -0.470 e. The first kappa shape index (κ1) is 20.4. The first-order valence-electron chi connectivity index (χ1n) is 10.2. The fourth-order valence-electron chi connectivity index (χ4n) is 4.81. The van der Waals surface area contributed by atoms with Gasteiger partial charge in [-0.15, -0.1) is 4.36 Å². The predicted molar refractivity (Wildman–Crippen MR) is 110 cm³/mol. The number of nitrogens with one attached hydrogen (secondary N) is 1. The third kappa shape index (κ3) is 3.49. The van der Waals surface area contributed by atoms with Crippen LogP contribution < -0.4 is 15.2 Å². The minimum atomic E-state index is -3.75. The van der Waals surface area contributed by atoms with Gasteiger partial charge in [-0.2, -0.15) is 5.10 Å². The molecule has 2 atom stereocenters. The van der Waals surface area contributed by atoms with E-state index < -0.39 is 35.0 Å². The Balaban J connectivity index is 1.48. The van der Waals surface area contributed by atoms with Crippen molar-refractivity contribution in [2.24, 2.45) is 9.50 Å². The molecule has 3 aliphatic rings. The third-order valence-corrected chi connectivity index (χ3v) is 7.54. The van der Waals surface area contributed by atoms with Crippen LogP contribution in [-0.4, -0.2) is 32.5 Å². The Morgan fingerprint density at radius 3 is 3.00 bits per heavy atom. The topological polar surface area (TPSA) is 112 Å². The second-order valence-corrected chi connectivity index (χ2v) is 10.2. The number of ether oxygens (including phenoxy) is 1. The number of halogens is 2. The number of urea groups is 1. The molecule has 0 spiro atoms. The van der Waals surface area contributed by atoms with Gasteiger partial charge in [0.15, 0.2) is 16.5 Å². The Morgan fingerprint density at radius 1 is 1.39 bits per heavy atom. The maximum Gasteiger partial charge on any atom is 0.354 e. The third-order valence-electron chi connectivity index (χ3n) is 6.19. The van der Waals surface area contributed by atoms with Crippen molar-refractivity contribution in [2.45, 2.75) is 62.3 Å². The number of benzene rings is 1. The van der Waals surface area contributed by atoms with Crippen LogP contribution >= 0.6 is 0 Å². The van der Waals surface area contributed by atoms with Gasteiger partial charge in [0.05, 0.1) is 6.20 Å². The van der Waals surface area contributed by atoms with Crippen LogP contribution in [0, 0.1) is 0 Å². The van der Waals surface area contributed by atoms with Crippen LogP contribution in [0.15, 0.2) is 21.5 Å². The molecule has 8 nitrogen and oxygen atoms in total. The van der Waals surface area contributed by atoms with Gasteiger partial charge in [0.1, 0.15) is 11.4 Å². The number of hydrogen-bond acceptors (Lipinski definition) is 4. The van der Waals surface area contributed by atoms with E-state index in [-0.39, 0.29) is 10.8 Å². The lowest BCUT2D eigenvalue weighted by Gasteiger charge is -2.24. The predicted octanol–water partition coefficient (Wildman–Crippen LogP) is 3.38. The number of nitrogens with two attached hydrogens (primary N) is 1. The average Bonchev–Trinajstić information content (AvgIpc) is 3.38. The highest BCUT2D eigenvalue weighted by molar-refractivity contribution is 7.91. The van der Waals surface area contributed by atoms with Crippen molar-refractivity contribution < 1.29 is 22.5 Å². The lowest BCUT2D eigenvalue weighted by atomic mass is 9.95. The molecular formula is C20H23F2N5O3S. The van der Waals surface area contributed by atoms with Crippen LogP contribution in [0.3, 0.4) is 0 Å². The number of hydrogen-bond donors (Lipinski definition) is 2. The zero-order valence-electron chi connectivity index (χ0n) is 17.0. The lowest BCUT2D eigenvalue weighted by Crippen LogP contribution is -2.37. The second kappa shape index (κ2) is 6.99. The highest BCUT2D eigenvalue weighted by Crippen LogP contribution is 2.44. The quantitative estimate of drug-likeness (QED) is 0.729. The fraction of sp³-hybridized carbons (Fsp3) is 0.500. The van der Waals surface area contributed by atoms with Crippen LogP contribution in [0.1, 0.15) is 47.9 Å². The summed E-state index contributed by atoms with van der Waals surface area (Å²) in [6, 6.07) is 1.40. The number of fused-ring (bicyclic) bond motifs is 3. The molecule has 0 saturated carbocycles. The van der Waals surface area contributed by atoms with Crippen LogP contribution in [-0.2, 0) is 35.7 Å².